The van der Waals surface area contributed by atoms with Crippen LogP contribution in [0.15, 0.2) is 34.9 Å². The molecule has 0 spiro atoms. The molecule has 2 aromatic heterocycles. The maximum absolute atomic E-state index is 13.1. The fourth-order valence-corrected chi connectivity index (χ4v) is 3.14. The minimum absolute atomic E-state index is 0.291. The molecule has 0 radical (unpaired) electrons. The van der Waals surface area contributed by atoms with E-state index in [1.54, 1.807) is 37.3 Å². The maximum Gasteiger partial charge on any atom is 0.259 e. The number of carbonyl (C=O) groups excluding carboxylic acids is 2. The lowest BCUT2D eigenvalue weighted by Gasteiger charge is -2.12. The number of anilines is 1. The third kappa shape index (κ3) is 3.46. The molecule has 0 bridgehead atoms. The van der Waals surface area contributed by atoms with Gasteiger partial charge in [0.2, 0.25) is 0 Å². The number of aryl methyl sites for hydroxylation is 1. The number of hydrogen-bond donors (Lipinski definition) is 3. The summed E-state index contributed by atoms with van der Waals surface area (Å²) in [7, 11) is 0. The van der Waals surface area contributed by atoms with Crippen molar-refractivity contribution < 1.29 is 14.1 Å². The number of rotatable bonds is 6. The predicted octanol–water partition coefficient (Wildman–Crippen LogP) is 2.35. The number of aromatic nitrogens is 2. The highest BCUT2D eigenvalue weighted by atomic mass is 16.5. The summed E-state index contributed by atoms with van der Waals surface area (Å²) >= 11 is 0. The maximum atomic E-state index is 13.1. The molecule has 8 heteroatoms. The Kier molecular flexibility index (Phi) is 4.79. The van der Waals surface area contributed by atoms with Gasteiger partial charge in [-0.25, -0.2) is 4.98 Å². The van der Waals surface area contributed by atoms with E-state index in [1.807, 2.05) is 0 Å². The molecule has 0 saturated heterocycles. The van der Waals surface area contributed by atoms with E-state index in [9.17, 15) is 9.59 Å². The van der Waals surface area contributed by atoms with Gasteiger partial charge in [0, 0.05) is 24.7 Å². The molecule has 28 heavy (non-hydrogen) atoms. The van der Waals surface area contributed by atoms with E-state index in [-0.39, 0.29) is 11.8 Å². The Labute approximate surface area is 161 Å². The zero-order valence-electron chi connectivity index (χ0n) is 15.5. The molecule has 1 aliphatic carbocycles. The Morgan fingerprint density at radius 3 is 2.75 bits per heavy atom. The Balaban J connectivity index is 1.68. The summed E-state index contributed by atoms with van der Waals surface area (Å²) in [6, 6.07) is 8.65. The van der Waals surface area contributed by atoms with E-state index >= 15 is 0 Å². The molecule has 4 rings (SSSR count). The van der Waals surface area contributed by atoms with Crippen molar-refractivity contribution in [3.05, 3.63) is 52.8 Å². The topological polar surface area (TPSA) is 123 Å². The molecule has 1 aromatic carbocycles. The van der Waals surface area contributed by atoms with Crippen molar-refractivity contribution in [1.82, 2.24) is 15.5 Å². The van der Waals surface area contributed by atoms with Crippen molar-refractivity contribution in [3.8, 4) is 0 Å². The first-order chi connectivity index (χ1) is 13.6. The Morgan fingerprint density at radius 1 is 1.21 bits per heavy atom. The second-order valence-corrected chi connectivity index (χ2v) is 6.86. The van der Waals surface area contributed by atoms with Crippen molar-refractivity contribution in [2.45, 2.75) is 25.7 Å². The molecule has 2 heterocycles. The van der Waals surface area contributed by atoms with Crippen molar-refractivity contribution in [2.24, 2.45) is 5.73 Å². The monoisotopic (exact) mass is 379 g/mol. The Bertz CT molecular complexity index is 1060. The van der Waals surface area contributed by atoms with Gasteiger partial charge >= 0.3 is 0 Å². The van der Waals surface area contributed by atoms with Crippen LogP contribution in [-0.4, -0.2) is 35.0 Å². The number of fused-ring (bicyclic) bond motifs is 1. The SMILES string of the molecule is Cc1noc2nc(C3CC3)cc(C(=O)Nc3ccccc3C(=O)NCCN)c12. The fraction of sp³-hybridized carbons (Fsp3) is 0.300. The highest BCUT2D eigenvalue weighted by molar-refractivity contribution is 6.14. The van der Waals surface area contributed by atoms with Gasteiger partial charge in [-0.05, 0) is 38.0 Å². The van der Waals surface area contributed by atoms with Crippen LogP contribution in [0.5, 0.6) is 0 Å². The number of hydrogen-bond acceptors (Lipinski definition) is 6. The number of carbonyl (C=O) groups is 2. The van der Waals surface area contributed by atoms with Crippen LogP contribution < -0.4 is 16.4 Å². The third-order valence-corrected chi connectivity index (χ3v) is 4.73. The first-order valence-electron chi connectivity index (χ1n) is 9.24. The average Bonchev–Trinajstić information content (AvgIpc) is 3.49. The van der Waals surface area contributed by atoms with Gasteiger partial charge in [0.15, 0.2) is 0 Å². The molecule has 2 amide bonds. The van der Waals surface area contributed by atoms with Gasteiger partial charge in [-0.1, -0.05) is 17.3 Å². The molecule has 1 fully saturated rings. The first kappa shape index (κ1) is 18.1. The van der Waals surface area contributed by atoms with Gasteiger partial charge < -0.3 is 20.9 Å². The number of nitrogens with one attached hydrogen (secondary N) is 2. The van der Waals surface area contributed by atoms with Crippen molar-refractivity contribution in [1.29, 1.82) is 0 Å². The molecule has 0 atom stereocenters. The second kappa shape index (κ2) is 7.40. The Morgan fingerprint density at radius 2 is 2.00 bits per heavy atom. The summed E-state index contributed by atoms with van der Waals surface area (Å²) in [6.07, 6.45) is 2.10. The summed E-state index contributed by atoms with van der Waals surface area (Å²) in [6.45, 7) is 2.47. The molecule has 3 aromatic rings. The van der Waals surface area contributed by atoms with Crippen LogP contribution >= 0.6 is 0 Å². The van der Waals surface area contributed by atoms with Gasteiger partial charge in [0.05, 0.1) is 27.9 Å². The summed E-state index contributed by atoms with van der Waals surface area (Å²) in [5.41, 5.74) is 8.49. The minimum Gasteiger partial charge on any atom is -0.351 e. The highest BCUT2D eigenvalue weighted by Gasteiger charge is 2.29. The average molecular weight is 379 g/mol. The normalized spacial score (nSPS) is 13.5. The molecular formula is C20H21N5O3. The van der Waals surface area contributed by atoms with Crippen LogP contribution in [0.2, 0.25) is 0 Å². The number of pyridine rings is 1. The van der Waals surface area contributed by atoms with Gasteiger partial charge in [-0.3, -0.25) is 9.59 Å². The van der Waals surface area contributed by atoms with Crippen LogP contribution in [0.4, 0.5) is 5.69 Å². The van der Waals surface area contributed by atoms with Gasteiger partial charge in [-0.2, -0.15) is 0 Å². The fourth-order valence-electron chi connectivity index (χ4n) is 3.14. The molecular weight excluding hydrogens is 358 g/mol. The van der Waals surface area contributed by atoms with Crippen molar-refractivity contribution in [2.75, 3.05) is 18.4 Å². The molecule has 1 aliphatic rings. The van der Waals surface area contributed by atoms with Crippen LogP contribution in [0, 0.1) is 6.92 Å². The van der Waals surface area contributed by atoms with Crippen LogP contribution in [0.25, 0.3) is 11.1 Å². The second-order valence-electron chi connectivity index (χ2n) is 6.86. The molecule has 8 nitrogen and oxygen atoms in total. The highest BCUT2D eigenvalue weighted by Crippen LogP contribution is 2.40. The minimum atomic E-state index is -0.334. The number of benzene rings is 1. The predicted molar refractivity (Wildman–Crippen MR) is 104 cm³/mol. The standard InChI is InChI=1S/C20H21N5O3/c1-11-17-14(10-16(12-6-7-12)24-20(17)28-25-11)19(27)23-15-5-3-2-4-13(15)18(26)22-9-8-21/h2-5,10,12H,6-9,21H2,1H3,(H,22,26)(H,23,27). The molecule has 144 valence electrons. The van der Waals surface area contributed by atoms with E-state index in [2.05, 4.69) is 20.8 Å². The summed E-state index contributed by atoms with van der Waals surface area (Å²) in [5.74, 6) is -0.267. The van der Waals surface area contributed by atoms with Gasteiger partial charge in [0.25, 0.3) is 17.5 Å². The summed E-state index contributed by atoms with van der Waals surface area (Å²) < 4.78 is 5.30. The summed E-state index contributed by atoms with van der Waals surface area (Å²) in [4.78, 5) is 30.0. The van der Waals surface area contributed by atoms with Gasteiger partial charge in [-0.15, -0.1) is 0 Å². The molecule has 0 aliphatic heterocycles. The van der Waals surface area contributed by atoms with Crippen molar-refractivity contribution in [3.63, 3.8) is 0 Å². The first-order valence-corrected chi connectivity index (χ1v) is 9.24. The van der Waals surface area contributed by atoms with Crippen LogP contribution in [0.3, 0.4) is 0 Å². The lowest BCUT2D eigenvalue weighted by Crippen LogP contribution is -2.30. The number of para-hydroxylation sites is 1. The van der Waals surface area contributed by atoms with E-state index in [0.29, 0.717) is 52.6 Å². The van der Waals surface area contributed by atoms with Crippen molar-refractivity contribution >= 4 is 28.6 Å². The quantitative estimate of drug-likeness (QED) is 0.604. The van der Waals surface area contributed by atoms with Gasteiger partial charge in [0.1, 0.15) is 0 Å². The smallest absolute Gasteiger partial charge is 0.259 e. The number of nitrogens with two attached hydrogens (primary N) is 1. The largest absolute Gasteiger partial charge is 0.351 e. The molecule has 1 saturated carbocycles. The third-order valence-electron chi connectivity index (χ3n) is 4.73. The number of nitrogens with zero attached hydrogens (tertiary/aromatic N) is 2. The summed E-state index contributed by atoms with van der Waals surface area (Å²) in [5, 5.41) is 10.1. The van der Waals surface area contributed by atoms with Crippen LogP contribution in [0.1, 0.15) is 50.9 Å². The molecule has 4 N–H and O–H groups in total. The lowest BCUT2D eigenvalue weighted by molar-refractivity contribution is 0.0955. The Hall–Kier alpha value is -3.26. The van der Waals surface area contributed by atoms with E-state index in [4.69, 9.17) is 10.3 Å². The van der Waals surface area contributed by atoms with E-state index < -0.39 is 0 Å². The van der Waals surface area contributed by atoms with Crippen LogP contribution in [-0.2, 0) is 0 Å². The number of amides is 2. The lowest BCUT2D eigenvalue weighted by atomic mass is 10.1. The zero-order chi connectivity index (χ0) is 19.7. The van der Waals surface area contributed by atoms with E-state index in [1.165, 1.54) is 0 Å². The van der Waals surface area contributed by atoms with E-state index in [0.717, 1.165) is 18.5 Å². The molecule has 0 unspecified atom stereocenters. The zero-order valence-corrected chi connectivity index (χ0v) is 15.5.